The van der Waals surface area contributed by atoms with Crippen molar-refractivity contribution in [3.05, 3.63) is 35.4 Å². The average Bonchev–Trinajstić information content (AvgIpc) is 2.39. The van der Waals surface area contributed by atoms with Crippen LogP contribution in [-0.2, 0) is 11.2 Å². The van der Waals surface area contributed by atoms with Crippen molar-refractivity contribution in [2.45, 2.75) is 38.6 Å². The Bertz CT molecular complexity index is 528. The predicted octanol–water partition coefficient (Wildman–Crippen LogP) is 2.22. The summed E-state index contributed by atoms with van der Waals surface area (Å²) < 4.78 is 0. The Morgan fingerprint density at radius 1 is 1.38 bits per heavy atom. The molecule has 1 aliphatic rings. The molecule has 0 heterocycles. The Balaban J connectivity index is 1.84. The Morgan fingerprint density at radius 2 is 2.10 bits per heavy atom. The van der Waals surface area contributed by atoms with Crippen LogP contribution in [-0.4, -0.2) is 41.1 Å². The van der Waals surface area contributed by atoms with Gasteiger partial charge in [-0.25, -0.2) is 4.79 Å². The fraction of sp³-hybridized carbons (Fsp3) is 0.500. The molecule has 5 nitrogen and oxygen atoms in total. The van der Waals surface area contributed by atoms with Gasteiger partial charge in [0, 0.05) is 25.0 Å². The number of rotatable bonds is 6. The molecule has 0 spiro atoms. The highest BCUT2D eigenvalue weighted by Crippen LogP contribution is 2.33. The largest absolute Gasteiger partial charge is 0.481 e. The molecule has 0 aliphatic heterocycles. The van der Waals surface area contributed by atoms with E-state index in [2.05, 4.69) is 17.4 Å². The van der Waals surface area contributed by atoms with E-state index in [4.69, 9.17) is 5.11 Å². The minimum absolute atomic E-state index is 0.0157. The summed E-state index contributed by atoms with van der Waals surface area (Å²) in [5.41, 5.74) is 2.66. The zero-order valence-electron chi connectivity index (χ0n) is 12.5. The lowest BCUT2D eigenvalue weighted by atomic mass is 9.78. The van der Waals surface area contributed by atoms with Gasteiger partial charge in [-0.15, -0.1) is 0 Å². The van der Waals surface area contributed by atoms with Crippen LogP contribution in [0.25, 0.3) is 0 Å². The number of amides is 2. The second-order valence-electron chi connectivity index (χ2n) is 5.72. The number of aliphatic carboxylic acids is 1. The monoisotopic (exact) mass is 290 g/mol. The first-order chi connectivity index (χ1) is 9.99. The fourth-order valence-electron chi connectivity index (χ4n) is 2.67. The molecule has 2 N–H and O–H groups in total. The molecule has 2 amide bonds. The van der Waals surface area contributed by atoms with Crippen LogP contribution < -0.4 is 5.32 Å². The number of hydrogen-bond donors (Lipinski definition) is 2. The molecule has 0 fully saturated rings. The van der Waals surface area contributed by atoms with Crippen LogP contribution in [0.1, 0.15) is 37.3 Å². The summed E-state index contributed by atoms with van der Waals surface area (Å²) in [4.78, 5) is 24.4. The standard InChI is InChI=1S/C16H22N2O3/c1-11(2)18(8-7-15(19)20)16(21)17-10-13-9-12-5-3-4-6-14(12)13/h3-6,11,13H,7-10H2,1-2H3,(H,17,21)(H,19,20). The predicted molar refractivity (Wildman–Crippen MR) is 80.4 cm³/mol. The van der Waals surface area contributed by atoms with Crippen molar-refractivity contribution in [3.63, 3.8) is 0 Å². The van der Waals surface area contributed by atoms with Crippen LogP contribution in [0.5, 0.6) is 0 Å². The van der Waals surface area contributed by atoms with Crippen molar-refractivity contribution < 1.29 is 14.7 Å². The number of carbonyl (C=O) groups excluding carboxylic acids is 1. The van der Waals surface area contributed by atoms with E-state index in [1.807, 2.05) is 26.0 Å². The van der Waals surface area contributed by atoms with Crippen LogP contribution in [0.15, 0.2) is 24.3 Å². The average molecular weight is 290 g/mol. The fourth-order valence-corrected chi connectivity index (χ4v) is 2.67. The third kappa shape index (κ3) is 3.74. The summed E-state index contributed by atoms with van der Waals surface area (Å²) in [6.45, 7) is 4.62. The summed E-state index contributed by atoms with van der Waals surface area (Å²) in [6.07, 6.45) is 0.963. The molecule has 2 rings (SSSR count). The van der Waals surface area contributed by atoms with Crippen molar-refractivity contribution in [3.8, 4) is 0 Å². The highest BCUT2D eigenvalue weighted by molar-refractivity contribution is 5.75. The highest BCUT2D eigenvalue weighted by Gasteiger charge is 2.26. The van der Waals surface area contributed by atoms with Crippen molar-refractivity contribution in [1.82, 2.24) is 10.2 Å². The molecule has 0 saturated heterocycles. The van der Waals surface area contributed by atoms with Gasteiger partial charge in [0.2, 0.25) is 0 Å². The lowest BCUT2D eigenvalue weighted by Crippen LogP contribution is -2.46. The first-order valence-electron chi connectivity index (χ1n) is 7.33. The van der Waals surface area contributed by atoms with Gasteiger partial charge in [0.1, 0.15) is 0 Å². The Kier molecular flexibility index (Phi) is 4.83. The van der Waals surface area contributed by atoms with Gasteiger partial charge in [-0.3, -0.25) is 4.79 Å². The van der Waals surface area contributed by atoms with E-state index in [0.717, 1.165) is 6.42 Å². The summed E-state index contributed by atoms with van der Waals surface area (Å²) in [7, 11) is 0. The van der Waals surface area contributed by atoms with Gasteiger partial charge in [-0.2, -0.15) is 0 Å². The number of urea groups is 1. The van der Waals surface area contributed by atoms with E-state index in [9.17, 15) is 9.59 Å². The van der Waals surface area contributed by atoms with Crippen LogP contribution in [0.3, 0.4) is 0 Å². The molecule has 21 heavy (non-hydrogen) atoms. The van der Waals surface area contributed by atoms with E-state index in [-0.39, 0.29) is 25.0 Å². The molecule has 1 atom stereocenters. The Labute approximate surface area is 125 Å². The molecule has 0 aromatic heterocycles. The molecule has 0 saturated carbocycles. The second-order valence-corrected chi connectivity index (χ2v) is 5.72. The minimum Gasteiger partial charge on any atom is -0.481 e. The molecule has 1 unspecified atom stereocenters. The molecule has 1 aromatic rings. The maximum absolute atomic E-state index is 12.2. The number of fused-ring (bicyclic) bond motifs is 1. The van der Waals surface area contributed by atoms with Crippen LogP contribution >= 0.6 is 0 Å². The SMILES string of the molecule is CC(C)N(CCC(=O)O)C(=O)NCC1Cc2ccccc21. The van der Waals surface area contributed by atoms with Crippen LogP contribution in [0.2, 0.25) is 0 Å². The maximum atomic E-state index is 12.2. The minimum atomic E-state index is -0.888. The van der Waals surface area contributed by atoms with E-state index < -0.39 is 5.97 Å². The summed E-state index contributed by atoms with van der Waals surface area (Å²) in [5.74, 6) is -0.514. The van der Waals surface area contributed by atoms with Crippen LogP contribution in [0, 0.1) is 0 Å². The molecule has 5 heteroatoms. The molecule has 114 valence electrons. The van der Waals surface area contributed by atoms with Crippen molar-refractivity contribution in [2.24, 2.45) is 0 Å². The lowest BCUT2D eigenvalue weighted by Gasteiger charge is -2.32. The second kappa shape index (κ2) is 6.61. The molecule has 0 radical (unpaired) electrons. The number of carbonyl (C=O) groups is 2. The molecular weight excluding hydrogens is 268 g/mol. The van der Waals surface area contributed by atoms with Crippen molar-refractivity contribution in [1.29, 1.82) is 0 Å². The number of benzene rings is 1. The van der Waals surface area contributed by atoms with Crippen molar-refractivity contribution >= 4 is 12.0 Å². The quantitative estimate of drug-likeness (QED) is 0.844. The zero-order chi connectivity index (χ0) is 15.4. The Hall–Kier alpha value is -2.04. The van der Waals surface area contributed by atoms with Gasteiger partial charge in [0.15, 0.2) is 0 Å². The van der Waals surface area contributed by atoms with E-state index in [0.29, 0.717) is 12.5 Å². The topological polar surface area (TPSA) is 69.6 Å². The number of carboxylic acids is 1. The smallest absolute Gasteiger partial charge is 0.317 e. The van der Waals surface area contributed by atoms with Gasteiger partial charge in [0.05, 0.1) is 6.42 Å². The zero-order valence-corrected chi connectivity index (χ0v) is 12.5. The van der Waals surface area contributed by atoms with Crippen LogP contribution in [0.4, 0.5) is 4.79 Å². The van der Waals surface area contributed by atoms with Gasteiger partial charge in [0.25, 0.3) is 0 Å². The number of carboxylic acid groups (broad SMARTS) is 1. The van der Waals surface area contributed by atoms with E-state index in [1.54, 1.807) is 4.90 Å². The number of nitrogens with one attached hydrogen (secondary N) is 1. The molecule has 0 bridgehead atoms. The summed E-state index contributed by atoms with van der Waals surface area (Å²) in [5, 5.41) is 11.7. The molecule has 1 aliphatic carbocycles. The third-order valence-corrected chi connectivity index (χ3v) is 3.91. The van der Waals surface area contributed by atoms with Gasteiger partial charge in [-0.1, -0.05) is 24.3 Å². The van der Waals surface area contributed by atoms with Gasteiger partial charge >= 0.3 is 12.0 Å². The number of nitrogens with zero attached hydrogens (tertiary/aromatic N) is 1. The number of hydrogen-bond acceptors (Lipinski definition) is 2. The first kappa shape index (κ1) is 15.4. The lowest BCUT2D eigenvalue weighted by molar-refractivity contribution is -0.137. The van der Waals surface area contributed by atoms with Gasteiger partial charge < -0.3 is 15.3 Å². The molecular formula is C16H22N2O3. The summed E-state index contributed by atoms with van der Waals surface area (Å²) in [6, 6.07) is 8.05. The van der Waals surface area contributed by atoms with E-state index >= 15 is 0 Å². The highest BCUT2D eigenvalue weighted by atomic mass is 16.4. The Morgan fingerprint density at radius 3 is 2.71 bits per heavy atom. The first-order valence-corrected chi connectivity index (χ1v) is 7.33. The van der Waals surface area contributed by atoms with Crippen molar-refractivity contribution in [2.75, 3.05) is 13.1 Å². The maximum Gasteiger partial charge on any atom is 0.317 e. The normalized spacial score (nSPS) is 16.0. The van der Waals surface area contributed by atoms with Gasteiger partial charge in [-0.05, 0) is 31.4 Å². The third-order valence-electron chi connectivity index (χ3n) is 3.91. The molecule has 1 aromatic carbocycles. The van der Waals surface area contributed by atoms with E-state index in [1.165, 1.54) is 11.1 Å². The summed E-state index contributed by atoms with van der Waals surface area (Å²) >= 11 is 0.